The highest BCUT2D eigenvalue weighted by atomic mass is 32.1. The summed E-state index contributed by atoms with van der Waals surface area (Å²) in [5.74, 6) is 0.759. The van der Waals surface area contributed by atoms with Gasteiger partial charge in [0.25, 0.3) is 0 Å². The standard InChI is InChI=1S/C5H9N3OS/c1-8-5(10)6-4(7-8)3-9-2/h3H2,1-2H3,(H,6,7,10). The van der Waals surface area contributed by atoms with Gasteiger partial charge in [0.15, 0.2) is 0 Å². The van der Waals surface area contributed by atoms with Crippen LogP contribution in [0.15, 0.2) is 0 Å². The van der Waals surface area contributed by atoms with Crippen molar-refractivity contribution in [2.45, 2.75) is 6.61 Å². The summed E-state index contributed by atoms with van der Waals surface area (Å²) in [6.07, 6.45) is 0. The molecule has 0 spiro atoms. The first kappa shape index (κ1) is 7.43. The molecule has 0 aliphatic heterocycles. The summed E-state index contributed by atoms with van der Waals surface area (Å²) in [6.45, 7) is 0.477. The maximum Gasteiger partial charge on any atom is 0.215 e. The lowest BCUT2D eigenvalue weighted by Crippen LogP contribution is -1.93. The molecular formula is C5H9N3OS. The maximum absolute atomic E-state index is 4.85. The molecule has 0 saturated heterocycles. The lowest BCUT2D eigenvalue weighted by molar-refractivity contribution is 0.177. The van der Waals surface area contributed by atoms with Crippen LogP contribution in [0.5, 0.6) is 0 Å². The number of H-pyrrole nitrogens is 1. The fourth-order valence-electron chi connectivity index (χ4n) is 0.658. The average molecular weight is 159 g/mol. The predicted molar refractivity (Wildman–Crippen MR) is 39.1 cm³/mol. The minimum Gasteiger partial charge on any atom is -0.377 e. The zero-order valence-electron chi connectivity index (χ0n) is 5.92. The van der Waals surface area contributed by atoms with Crippen LogP contribution in [0, 0.1) is 4.77 Å². The number of hydrogen-bond donors (Lipinski definition) is 1. The lowest BCUT2D eigenvalue weighted by atomic mass is 10.7. The van der Waals surface area contributed by atoms with E-state index in [-0.39, 0.29) is 0 Å². The third kappa shape index (κ3) is 1.43. The number of ether oxygens (including phenoxy) is 1. The number of rotatable bonds is 2. The maximum atomic E-state index is 4.85. The van der Waals surface area contributed by atoms with Crippen LogP contribution in [0.4, 0.5) is 0 Å². The summed E-state index contributed by atoms with van der Waals surface area (Å²) < 4.78 is 7.06. The number of nitrogens with zero attached hydrogens (tertiary/aromatic N) is 2. The van der Waals surface area contributed by atoms with Gasteiger partial charge >= 0.3 is 0 Å². The molecule has 0 saturated carbocycles. The van der Waals surface area contributed by atoms with Crippen LogP contribution in [-0.4, -0.2) is 21.9 Å². The number of hydrogen-bond acceptors (Lipinski definition) is 3. The lowest BCUT2D eigenvalue weighted by Gasteiger charge is -1.90. The molecule has 1 N–H and O–H groups in total. The monoisotopic (exact) mass is 159 g/mol. The van der Waals surface area contributed by atoms with Crippen LogP contribution in [-0.2, 0) is 18.4 Å². The van der Waals surface area contributed by atoms with Gasteiger partial charge in [0.2, 0.25) is 4.77 Å². The highest BCUT2D eigenvalue weighted by Gasteiger charge is 1.95. The topological polar surface area (TPSA) is 42.8 Å². The van der Waals surface area contributed by atoms with Crippen molar-refractivity contribution >= 4 is 12.2 Å². The second-order valence-corrected chi connectivity index (χ2v) is 2.31. The van der Waals surface area contributed by atoms with Crippen molar-refractivity contribution in [2.75, 3.05) is 7.11 Å². The van der Waals surface area contributed by atoms with Crippen LogP contribution >= 0.6 is 12.2 Å². The Balaban J connectivity index is 2.88. The van der Waals surface area contributed by atoms with Gasteiger partial charge in [-0.2, -0.15) is 0 Å². The van der Waals surface area contributed by atoms with Gasteiger partial charge in [-0.1, -0.05) is 0 Å². The molecule has 1 aromatic heterocycles. The number of aromatic nitrogens is 3. The largest absolute Gasteiger partial charge is 0.377 e. The molecule has 0 radical (unpaired) electrons. The Labute approximate surface area is 63.8 Å². The van der Waals surface area contributed by atoms with E-state index in [1.54, 1.807) is 11.8 Å². The molecule has 0 aliphatic carbocycles. The highest BCUT2D eigenvalue weighted by molar-refractivity contribution is 7.71. The molecule has 0 amide bonds. The van der Waals surface area contributed by atoms with Crippen LogP contribution in [0.3, 0.4) is 0 Å². The molecule has 0 atom stereocenters. The molecule has 5 heteroatoms. The van der Waals surface area contributed by atoms with E-state index in [9.17, 15) is 0 Å². The molecule has 1 rings (SSSR count). The Bertz CT molecular complexity index is 264. The van der Waals surface area contributed by atoms with Crippen molar-refractivity contribution in [3.05, 3.63) is 10.6 Å². The summed E-state index contributed by atoms with van der Waals surface area (Å²) in [5.41, 5.74) is 0. The van der Waals surface area contributed by atoms with Gasteiger partial charge in [-0.3, -0.25) is 9.78 Å². The van der Waals surface area contributed by atoms with Gasteiger partial charge in [0.1, 0.15) is 12.4 Å². The van der Waals surface area contributed by atoms with Crippen LogP contribution in [0.1, 0.15) is 5.82 Å². The molecule has 1 heterocycles. The minimum atomic E-state index is 0.477. The third-order valence-corrected chi connectivity index (χ3v) is 1.46. The Hall–Kier alpha value is -0.680. The van der Waals surface area contributed by atoms with Crippen molar-refractivity contribution < 1.29 is 4.74 Å². The number of aromatic amines is 1. The fourth-order valence-corrected chi connectivity index (χ4v) is 0.814. The Morgan fingerprint density at radius 1 is 1.80 bits per heavy atom. The van der Waals surface area contributed by atoms with Gasteiger partial charge in [-0.15, -0.1) is 0 Å². The first-order valence-electron chi connectivity index (χ1n) is 2.85. The second-order valence-electron chi connectivity index (χ2n) is 1.94. The van der Waals surface area contributed by atoms with Gasteiger partial charge < -0.3 is 4.74 Å². The molecule has 4 nitrogen and oxygen atoms in total. The van der Waals surface area contributed by atoms with Gasteiger partial charge in [-0.05, 0) is 12.2 Å². The summed E-state index contributed by atoms with van der Waals surface area (Å²) in [4.78, 5) is 4.00. The summed E-state index contributed by atoms with van der Waals surface area (Å²) in [7, 11) is 3.43. The molecule has 0 fully saturated rings. The second kappa shape index (κ2) is 2.94. The number of aryl methyl sites for hydroxylation is 1. The van der Waals surface area contributed by atoms with E-state index in [1.165, 1.54) is 0 Å². The van der Waals surface area contributed by atoms with Crippen LogP contribution in [0.25, 0.3) is 0 Å². The van der Waals surface area contributed by atoms with E-state index in [0.717, 1.165) is 5.82 Å². The van der Waals surface area contributed by atoms with Gasteiger partial charge in [0.05, 0.1) is 0 Å². The number of methoxy groups -OCH3 is 1. The Morgan fingerprint density at radius 2 is 2.50 bits per heavy atom. The molecule has 10 heavy (non-hydrogen) atoms. The van der Waals surface area contributed by atoms with E-state index in [4.69, 9.17) is 17.0 Å². The Kier molecular flexibility index (Phi) is 2.18. The first-order chi connectivity index (χ1) is 4.74. The minimum absolute atomic E-state index is 0.477. The van der Waals surface area contributed by atoms with Gasteiger partial charge in [-0.25, -0.2) is 4.98 Å². The molecule has 0 unspecified atom stereocenters. The zero-order valence-corrected chi connectivity index (χ0v) is 6.73. The fraction of sp³-hybridized carbons (Fsp3) is 0.600. The normalized spacial score (nSPS) is 10.2. The number of nitrogens with one attached hydrogen (secondary N) is 1. The molecule has 1 aromatic rings. The smallest absolute Gasteiger partial charge is 0.215 e. The van der Waals surface area contributed by atoms with Crippen molar-refractivity contribution in [2.24, 2.45) is 7.05 Å². The van der Waals surface area contributed by atoms with Crippen LogP contribution < -0.4 is 0 Å². The summed E-state index contributed by atoms with van der Waals surface area (Å²) in [5, 5.41) is 2.92. The van der Waals surface area contributed by atoms with E-state index >= 15 is 0 Å². The summed E-state index contributed by atoms with van der Waals surface area (Å²) >= 11 is 4.85. The SMILES string of the molecule is COCc1nc(=S)n(C)[nH]1. The molecule has 56 valence electrons. The van der Waals surface area contributed by atoms with Crippen LogP contribution in [0.2, 0.25) is 0 Å². The third-order valence-electron chi connectivity index (χ3n) is 1.10. The van der Waals surface area contributed by atoms with E-state index in [1.807, 2.05) is 7.05 Å². The Morgan fingerprint density at radius 3 is 2.90 bits per heavy atom. The van der Waals surface area contributed by atoms with Crippen molar-refractivity contribution in [3.63, 3.8) is 0 Å². The predicted octanol–water partition coefficient (Wildman–Crippen LogP) is 0.624. The molecular weight excluding hydrogens is 150 g/mol. The van der Waals surface area contributed by atoms with Gasteiger partial charge in [0, 0.05) is 14.2 Å². The quantitative estimate of drug-likeness (QED) is 0.643. The molecule has 0 aromatic carbocycles. The zero-order chi connectivity index (χ0) is 7.56. The van der Waals surface area contributed by atoms with Crippen molar-refractivity contribution in [3.8, 4) is 0 Å². The van der Waals surface area contributed by atoms with E-state index in [2.05, 4.69) is 10.1 Å². The molecule has 0 aliphatic rings. The van der Waals surface area contributed by atoms with E-state index in [0.29, 0.717) is 11.4 Å². The van der Waals surface area contributed by atoms with Crippen molar-refractivity contribution in [1.29, 1.82) is 0 Å². The van der Waals surface area contributed by atoms with E-state index < -0.39 is 0 Å². The van der Waals surface area contributed by atoms with Crippen molar-refractivity contribution in [1.82, 2.24) is 14.8 Å². The summed E-state index contributed by atoms with van der Waals surface area (Å²) in [6, 6.07) is 0. The average Bonchev–Trinajstić information content (AvgIpc) is 2.14. The molecule has 0 bridgehead atoms. The first-order valence-corrected chi connectivity index (χ1v) is 3.25. The highest BCUT2D eigenvalue weighted by Crippen LogP contribution is 1.91.